The Morgan fingerprint density at radius 1 is 1.26 bits per heavy atom. The summed E-state index contributed by atoms with van der Waals surface area (Å²) in [5.74, 6) is 0. The van der Waals surface area contributed by atoms with E-state index in [0.29, 0.717) is 17.9 Å². The molecule has 0 aliphatic carbocycles. The van der Waals surface area contributed by atoms with E-state index in [-0.39, 0.29) is 4.90 Å². The van der Waals surface area contributed by atoms with Crippen LogP contribution in [0.3, 0.4) is 0 Å². The Hall–Kier alpha value is -2.08. The molecule has 0 unspecified atom stereocenters. The van der Waals surface area contributed by atoms with Crippen molar-refractivity contribution in [3.63, 3.8) is 0 Å². The molecule has 0 saturated heterocycles. The Labute approximate surface area is 112 Å². The third-order valence-corrected chi connectivity index (χ3v) is 4.55. The van der Waals surface area contributed by atoms with Crippen molar-refractivity contribution < 1.29 is 8.42 Å². The lowest BCUT2D eigenvalue weighted by atomic mass is 10.3. The molecule has 5 nitrogen and oxygen atoms in total. The van der Waals surface area contributed by atoms with Gasteiger partial charge in [0.1, 0.15) is 4.90 Å². The molecule has 1 heterocycles. The van der Waals surface area contributed by atoms with Gasteiger partial charge in [-0.3, -0.25) is 9.29 Å². The van der Waals surface area contributed by atoms with Crippen LogP contribution in [-0.4, -0.2) is 19.9 Å². The standard InChI is InChI=1S/C13H15N3O2S/c1-2-16(12-6-3-5-11(14)9-12)19(17,18)13-7-4-8-15-10-13/h3-10H,2,14H2,1H3. The van der Waals surface area contributed by atoms with Crippen LogP contribution in [0.5, 0.6) is 0 Å². The number of nitrogens with two attached hydrogens (primary N) is 1. The lowest BCUT2D eigenvalue weighted by molar-refractivity contribution is 0.591. The average molecular weight is 277 g/mol. The average Bonchev–Trinajstić information content (AvgIpc) is 2.40. The van der Waals surface area contributed by atoms with Crippen molar-refractivity contribution in [2.24, 2.45) is 0 Å². The van der Waals surface area contributed by atoms with Gasteiger partial charge in [0, 0.05) is 24.6 Å². The number of rotatable bonds is 4. The summed E-state index contributed by atoms with van der Waals surface area (Å²) in [5, 5.41) is 0. The molecule has 0 atom stereocenters. The first kappa shape index (κ1) is 13.4. The quantitative estimate of drug-likeness (QED) is 0.866. The zero-order valence-corrected chi connectivity index (χ0v) is 11.3. The van der Waals surface area contributed by atoms with Crippen LogP contribution in [0.15, 0.2) is 53.7 Å². The topological polar surface area (TPSA) is 76.3 Å². The van der Waals surface area contributed by atoms with Crippen molar-refractivity contribution >= 4 is 21.4 Å². The predicted octanol–water partition coefficient (Wildman–Crippen LogP) is 1.88. The van der Waals surface area contributed by atoms with Crippen molar-refractivity contribution in [2.45, 2.75) is 11.8 Å². The van der Waals surface area contributed by atoms with Gasteiger partial charge in [0.15, 0.2) is 0 Å². The van der Waals surface area contributed by atoms with E-state index in [9.17, 15) is 8.42 Å². The molecule has 100 valence electrons. The number of nitrogens with zero attached hydrogens (tertiary/aromatic N) is 2. The van der Waals surface area contributed by atoms with Gasteiger partial charge in [-0.05, 0) is 37.3 Å². The molecule has 2 aromatic rings. The minimum absolute atomic E-state index is 0.166. The summed E-state index contributed by atoms with van der Waals surface area (Å²) in [5.41, 5.74) is 6.77. The van der Waals surface area contributed by atoms with Crippen molar-refractivity contribution in [3.05, 3.63) is 48.8 Å². The molecule has 0 bridgehead atoms. The summed E-state index contributed by atoms with van der Waals surface area (Å²) in [4.78, 5) is 4.01. The van der Waals surface area contributed by atoms with Gasteiger partial charge >= 0.3 is 0 Å². The molecule has 0 radical (unpaired) electrons. The largest absolute Gasteiger partial charge is 0.399 e. The molecule has 2 rings (SSSR count). The molecule has 0 aliphatic heterocycles. The maximum atomic E-state index is 12.5. The van der Waals surface area contributed by atoms with Crippen LogP contribution in [0.25, 0.3) is 0 Å². The van der Waals surface area contributed by atoms with E-state index >= 15 is 0 Å². The second kappa shape index (κ2) is 5.27. The molecule has 0 fully saturated rings. The number of pyridine rings is 1. The lowest BCUT2D eigenvalue weighted by Gasteiger charge is -2.22. The Balaban J connectivity index is 2.48. The Morgan fingerprint density at radius 2 is 2.05 bits per heavy atom. The van der Waals surface area contributed by atoms with E-state index in [2.05, 4.69) is 4.98 Å². The second-order valence-electron chi connectivity index (χ2n) is 3.95. The fourth-order valence-corrected chi connectivity index (χ4v) is 3.23. The Morgan fingerprint density at radius 3 is 2.63 bits per heavy atom. The number of sulfonamides is 1. The van der Waals surface area contributed by atoms with E-state index in [4.69, 9.17) is 5.73 Å². The van der Waals surface area contributed by atoms with Crippen LogP contribution in [0.1, 0.15) is 6.92 Å². The summed E-state index contributed by atoms with van der Waals surface area (Å²) >= 11 is 0. The summed E-state index contributed by atoms with van der Waals surface area (Å²) in [6.07, 6.45) is 2.88. The van der Waals surface area contributed by atoms with E-state index in [1.165, 1.54) is 22.8 Å². The van der Waals surface area contributed by atoms with Crippen LogP contribution in [0.2, 0.25) is 0 Å². The number of aromatic nitrogens is 1. The van der Waals surface area contributed by atoms with Crippen LogP contribution in [0, 0.1) is 0 Å². The molecule has 2 N–H and O–H groups in total. The molecule has 0 spiro atoms. The predicted molar refractivity (Wildman–Crippen MR) is 75.3 cm³/mol. The summed E-state index contributed by atoms with van der Waals surface area (Å²) < 4.78 is 26.3. The van der Waals surface area contributed by atoms with Crippen molar-refractivity contribution in [1.82, 2.24) is 4.98 Å². The van der Waals surface area contributed by atoms with E-state index in [0.717, 1.165) is 0 Å². The van der Waals surface area contributed by atoms with Crippen LogP contribution in [0.4, 0.5) is 11.4 Å². The molecular formula is C13H15N3O2S. The Kier molecular flexibility index (Phi) is 3.71. The number of hydrogen-bond acceptors (Lipinski definition) is 4. The molecule has 1 aromatic heterocycles. The highest BCUT2D eigenvalue weighted by Crippen LogP contribution is 2.24. The fraction of sp³-hybridized carbons (Fsp3) is 0.154. The SMILES string of the molecule is CCN(c1cccc(N)c1)S(=O)(=O)c1cccnc1. The van der Waals surface area contributed by atoms with Gasteiger partial charge in [0.05, 0.1) is 5.69 Å². The molecule has 0 saturated carbocycles. The van der Waals surface area contributed by atoms with Crippen LogP contribution in [-0.2, 0) is 10.0 Å². The van der Waals surface area contributed by atoms with E-state index in [1.54, 1.807) is 37.3 Å². The monoisotopic (exact) mass is 277 g/mol. The van der Waals surface area contributed by atoms with E-state index < -0.39 is 10.0 Å². The minimum Gasteiger partial charge on any atom is -0.399 e. The number of anilines is 2. The third-order valence-electron chi connectivity index (χ3n) is 2.67. The van der Waals surface area contributed by atoms with Gasteiger partial charge in [0.2, 0.25) is 0 Å². The highest BCUT2D eigenvalue weighted by Gasteiger charge is 2.23. The van der Waals surface area contributed by atoms with Gasteiger partial charge < -0.3 is 5.73 Å². The molecular weight excluding hydrogens is 262 g/mol. The van der Waals surface area contributed by atoms with Crippen LogP contribution >= 0.6 is 0 Å². The number of benzene rings is 1. The second-order valence-corrected chi connectivity index (χ2v) is 5.82. The van der Waals surface area contributed by atoms with E-state index in [1.807, 2.05) is 0 Å². The zero-order valence-electron chi connectivity index (χ0n) is 10.5. The number of nitrogen functional groups attached to an aromatic ring is 1. The molecule has 19 heavy (non-hydrogen) atoms. The number of hydrogen-bond donors (Lipinski definition) is 1. The van der Waals surface area contributed by atoms with Gasteiger partial charge in [-0.15, -0.1) is 0 Å². The molecule has 0 amide bonds. The highest BCUT2D eigenvalue weighted by molar-refractivity contribution is 7.92. The zero-order chi connectivity index (χ0) is 13.9. The summed E-state index contributed by atoms with van der Waals surface area (Å²) in [6, 6.07) is 9.92. The first-order chi connectivity index (χ1) is 9.05. The fourth-order valence-electron chi connectivity index (χ4n) is 1.80. The van der Waals surface area contributed by atoms with Crippen molar-refractivity contribution in [1.29, 1.82) is 0 Å². The van der Waals surface area contributed by atoms with Gasteiger partial charge in [-0.25, -0.2) is 8.42 Å². The van der Waals surface area contributed by atoms with Crippen molar-refractivity contribution in [3.8, 4) is 0 Å². The summed E-state index contributed by atoms with van der Waals surface area (Å²) in [6.45, 7) is 2.10. The van der Waals surface area contributed by atoms with Gasteiger partial charge in [-0.2, -0.15) is 0 Å². The lowest BCUT2D eigenvalue weighted by Crippen LogP contribution is -2.30. The van der Waals surface area contributed by atoms with Gasteiger partial charge in [0.25, 0.3) is 10.0 Å². The smallest absolute Gasteiger partial charge is 0.265 e. The maximum absolute atomic E-state index is 12.5. The van der Waals surface area contributed by atoms with Crippen LogP contribution < -0.4 is 10.0 Å². The summed E-state index contributed by atoms with van der Waals surface area (Å²) in [7, 11) is -3.61. The molecule has 6 heteroatoms. The minimum atomic E-state index is -3.61. The van der Waals surface area contributed by atoms with Gasteiger partial charge in [-0.1, -0.05) is 6.07 Å². The first-order valence-electron chi connectivity index (χ1n) is 5.84. The first-order valence-corrected chi connectivity index (χ1v) is 7.28. The molecule has 0 aliphatic rings. The molecule has 1 aromatic carbocycles. The third kappa shape index (κ3) is 2.68. The normalized spacial score (nSPS) is 11.2. The maximum Gasteiger partial charge on any atom is 0.265 e. The Bertz CT molecular complexity index is 657. The van der Waals surface area contributed by atoms with Crippen molar-refractivity contribution in [2.75, 3.05) is 16.6 Å². The highest BCUT2D eigenvalue weighted by atomic mass is 32.2.